The second-order valence-electron chi connectivity index (χ2n) is 7.61. The summed E-state index contributed by atoms with van der Waals surface area (Å²) in [6.45, 7) is 10.4. The normalized spacial score (nSPS) is 24.2. The van der Waals surface area contributed by atoms with Gasteiger partial charge in [-0.05, 0) is 58.0 Å². The number of carbonyl (C=O) groups is 2. The largest absolute Gasteiger partial charge is 0.466 e. The van der Waals surface area contributed by atoms with Gasteiger partial charge in [-0.3, -0.25) is 9.59 Å². The predicted octanol–water partition coefficient (Wildman–Crippen LogP) is 2.69. The Kier molecular flexibility index (Phi) is 7.53. The van der Waals surface area contributed by atoms with Crippen molar-refractivity contribution in [3.63, 3.8) is 0 Å². The van der Waals surface area contributed by atoms with Crippen molar-refractivity contribution in [3.8, 4) is 0 Å². The van der Waals surface area contributed by atoms with E-state index in [0.29, 0.717) is 30.9 Å². The maximum Gasteiger partial charge on any atom is 0.309 e. The Labute approximate surface area is 146 Å². The number of piperidine rings is 1. The van der Waals surface area contributed by atoms with Crippen LogP contribution in [0, 0.1) is 11.8 Å². The topological polar surface area (TPSA) is 49.9 Å². The lowest BCUT2D eigenvalue weighted by Crippen LogP contribution is -2.43. The van der Waals surface area contributed by atoms with Crippen LogP contribution in [0.4, 0.5) is 0 Å². The van der Waals surface area contributed by atoms with Crippen LogP contribution in [-0.4, -0.2) is 60.5 Å². The van der Waals surface area contributed by atoms with Crippen molar-refractivity contribution in [1.82, 2.24) is 9.80 Å². The van der Waals surface area contributed by atoms with Gasteiger partial charge in [0.1, 0.15) is 0 Å². The van der Waals surface area contributed by atoms with Crippen LogP contribution in [0.1, 0.15) is 59.3 Å². The smallest absolute Gasteiger partial charge is 0.309 e. The molecule has 5 nitrogen and oxygen atoms in total. The average Bonchev–Trinajstić information content (AvgIpc) is 2.75. The molecular formula is C19H34N2O3. The fraction of sp³-hybridized carbons (Fsp3) is 0.895. The van der Waals surface area contributed by atoms with E-state index in [4.69, 9.17) is 4.74 Å². The standard InChI is InChI=1S/C19H34N2O3/c1-4-24-19(23)16-8-12-20(13-9-16)17-5-6-18(22)21(14-10-17)11-7-15(2)3/h15-17H,4-14H2,1-3H3. The van der Waals surface area contributed by atoms with E-state index >= 15 is 0 Å². The van der Waals surface area contributed by atoms with Crippen LogP contribution >= 0.6 is 0 Å². The summed E-state index contributed by atoms with van der Waals surface area (Å²) in [5.41, 5.74) is 0. The molecule has 2 fully saturated rings. The number of esters is 1. The second kappa shape index (κ2) is 9.40. The first-order valence-corrected chi connectivity index (χ1v) is 9.69. The predicted molar refractivity (Wildman–Crippen MR) is 94.6 cm³/mol. The molecule has 5 heteroatoms. The zero-order chi connectivity index (χ0) is 17.5. The van der Waals surface area contributed by atoms with E-state index in [-0.39, 0.29) is 11.9 Å². The van der Waals surface area contributed by atoms with Gasteiger partial charge in [0, 0.05) is 25.6 Å². The highest BCUT2D eigenvalue weighted by Crippen LogP contribution is 2.25. The molecule has 1 unspecified atom stereocenters. The molecule has 2 aliphatic heterocycles. The molecule has 1 amide bonds. The molecule has 2 rings (SSSR count). The van der Waals surface area contributed by atoms with Crippen molar-refractivity contribution in [1.29, 1.82) is 0 Å². The molecule has 0 bridgehead atoms. The van der Waals surface area contributed by atoms with Crippen LogP contribution in [0.25, 0.3) is 0 Å². The summed E-state index contributed by atoms with van der Waals surface area (Å²) >= 11 is 0. The molecular weight excluding hydrogens is 304 g/mol. The number of hydrogen-bond acceptors (Lipinski definition) is 4. The van der Waals surface area contributed by atoms with Crippen LogP contribution in [0.5, 0.6) is 0 Å². The van der Waals surface area contributed by atoms with Crippen LogP contribution in [0.2, 0.25) is 0 Å². The lowest BCUT2D eigenvalue weighted by Gasteiger charge is -2.36. The van der Waals surface area contributed by atoms with E-state index < -0.39 is 0 Å². The van der Waals surface area contributed by atoms with Crippen LogP contribution in [0.15, 0.2) is 0 Å². The van der Waals surface area contributed by atoms with Crippen LogP contribution in [0.3, 0.4) is 0 Å². The lowest BCUT2D eigenvalue weighted by atomic mass is 9.94. The first-order chi connectivity index (χ1) is 11.5. The minimum atomic E-state index is -0.0342. The van der Waals surface area contributed by atoms with Gasteiger partial charge in [0.25, 0.3) is 0 Å². The van der Waals surface area contributed by atoms with Crippen molar-refractivity contribution in [3.05, 3.63) is 0 Å². The summed E-state index contributed by atoms with van der Waals surface area (Å²) in [5.74, 6) is 0.988. The molecule has 2 heterocycles. The number of ether oxygens (including phenoxy) is 1. The number of amides is 1. The van der Waals surface area contributed by atoms with E-state index in [1.807, 2.05) is 6.92 Å². The van der Waals surface area contributed by atoms with Crippen molar-refractivity contribution < 1.29 is 14.3 Å². The molecule has 0 radical (unpaired) electrons. The van der Waals surface area contributed by atoms with E-state index in [0.717, 1.165) is 58.3 Å². The highest BCUT2D eigenvalue weighted by molar-refractivity contribution is 5.76. The van der Waals surface area contributed by atoms with Crippen LogP contribution < -0.4 is 0 Å². The van der Waals surface area contributed by atoms with Crippen molar-refractivity contribution in [2.75, 3.05) is 32.8 Å². The van der Waals surface area contributed by atoms with Gasteiger partial charge >= 0.3 is 5.97 Å². The summed E-state index contributed by atoms with van der Waals surface area (Å²) in [7, 11) is 0. The zero-order valence-corrected chi connectivity index (χ0v) is 15.6. The Bertz CT molecular complexity index is 417. The molecule has 138 valence electrons. The zero-order valence-electron chi connectivity index (χ0n) is 15.6. The summed E-state index contributed by atoms with van der Waals surface area (Å²) in [6, 6.07) is 0.487. The molecule has 0 N–H and O–H groups in total. The Morgan fingerprint density at radius 2 is 1.88 bits per heavy atom. The Morgan fingerprint density at radius 3 is 2.50 bits per heavy atom. The van der Waals surface area contributed by atoms with Gasteiger partial charge in [-0.15, -0.1) is 0 Å². The Morgan fingerprint density at radius 1 is 1.17 bits per heavy atom. The van der Waals surface area contributed by atoms with Gasteiger partial charge in [-0.1, -0.05) is 13.8 Å². The van der Waals surface area contributed by atoms with Gasteiger partial charge in [0.2, 0.25) is 5.91 Å². The summed E-state index contributed by atoms with van der Waals surface area (Å²) in [5, 5.41) is 0. The minimum Gasteiger partial charge on any atom is -0.466 e. The lowest BCUT2D eigenvalue weighted by molar-refractivity contribution is -0.149. The minimum absolute atomic E-state index is 0.0342. The number of rotatable bonds is 6. The summed E-state index contributed by atoms with van der Waals surface area (Å²) < 4.78 is 5.15. The van der Waals surface area contributed by atoms with E-state index in [9.17, 15) is 9.59 Å². The van der Waals surface area contributed by atoms with Gasteiger partial charge < -0.3 is 14.5 Å². The first kappa shape index (κ1) is 19.2. The Balaban J connectivity index is 1.80. The fourth-order valence-electron chi connectivity index (χ4n) is 3.80. The third-order valence-electron chi connectivity index (χ3n) is 5.42. The third-order valence-corrected chi connectivity index (χ3v) is 5.42. The molecule has 0 saturated carbocycles. The highest BCUT2D eigenvalue weighted by Gasteiger charge is 2.31. The van der Waals surface area contributed by atoms with Gasteiger partial charge in [-0.2, -0.15) is 0 Å². The van der Waals surface area contributed by atoms with Gasteiger partial charge in [0.05, 0.1) is 12.5 Å². The SMILES string of the molecule is CCOC(=O)C1CCN(C2CCC(=O)N(CCC(C)C)CC2)CC1. The maximum atomic E-state index is 12.3. The third kappa shape index (κ3) is 5.47. The van der Waals surface area contributed by atoms with Crippen molar-refractivity contribution in [2.24, 2.45) is 11.8 Å². The molecule has 0 aliphatic carbocycles. The number of likely N-dealkylation sites (tertiary alicyclic amines) is 2. The molecule has 0 aromatic rings. The molecule has 0 aromatic heterocycles. The van der Waals surface area contributed by atoms with Crippen LogP contribution in [-0.2, 0) is 14.3 Å². The van der Waals surface area contributed by atoms with Gasteiger partial charge in [0.15, 0.2) is 0 Å². The molecule has 2 saturated heterocycles. The van der Waals surface area contributed by atoms with Crippen molar-refractivity contribution >= 4 is 11.9 Å². The van der Waals surface area contributed by atoms with E-state index in [2.05, 4.69) is 23.6 Å². The summed E-state index contributed by atoms with van der Waals surface area (Å²) in [4.78, 5) is 28.7. The van der Waals surface area contributed by atoms with Gasteiger partial charge in [-0.25, -0.2) is 0 Å². The second-order valence-corrected chi connectivity index (χ2v) is 7.61. The maximum absolute atomic E-state index is 12.3. The average molecular weight is 338 g/mol. The van der Waals surface area contributed by atoms with E-state index in [1.54, 1.807) is 0 Å². The highest BCUT2D eigenvalue weighted by atomic mass is 16.5. The molecule has 0 aromatic carbocycles. The molecule has 1 atom stereocenters. The van der Waals surface area contributed by atoms with Crippen molar-refractivity contribution in [2.45, 2.75) is 65.3 Å². The number of nitrogens with zero attached hydrogens (tertiary/aromatic N) is 2. The van der Waals surface area contributed by atoms with E-state index in [1.165, 1.54) is 0 Å². The number of hydrogen-bond donors (Lipinski definition) is 0. The monoisotopic (exact) mass is 338 g/mol. The molecule has 0 spiro atoms. The quantitative estimate of drug-likeness (QED) is 0.699. The Hall–Kier alpha value is -1.10. The fourth-order valence-corrected chi connectivity index (χ4v) is 3.80. The summed E-state index contributed by atoms with van der Waals surface area (Å²) in [6.07, 6.45) is 5.55. The first-order valence-electron chi connectivity index (χ1n) is 9.69. The number of carbonyl (C=O) groups excluding carboxylic acids is 2. The molecule has 24 heavy (non-hydrogen) atoms. The molecule has 2 aliphatic rings.